The van der Waals surface area contributed by atoms with Crippen molar-refractivity contribution in [3.05, 3.63) is 0 Å². The van der Waals surface area contributed by atoms with Crippen LogP contribution in [0.3, 0.4) is 0 Å². The molecule has 1 heterocycles. The summed E-state index contributed by atoms with van der Waals surface area (Å²) in [6.07, 6.45) is 1.42. The molecule has 0 amide bonds. The Hall–Kier alpha value is -0.0400. The highest BCUT2D eigenvalue weighted by atomic mass is 15.2. The molecule has 2 rings (SSSR count). The summed E-state index contributed by atoms with van der Waals surface area (Å²) in [4.78, 5) is 2.63. The molecule has 1 saturated heterocycles. The smallest absolute Gasteiger partial charge is 0.00388 e. The zero-order chi connectivity index (χ0) is 8.01. The van der Waals surface area contributed by atoms with Crippen LogP contribution < -0.4 is 0 Å². The number of nitrogens with zero attached hydrogens (tertiary/aromatic N) is 1. The Morgan fingerprint density at radius 2 is 1.82 bits per heavy atom. The molecule has 2 unspecified atom stereocenters. The van der Waals surface area contributed by atoms with Gasteiger partial charge in [-0.1, -0.05) is 13.3 Å². The Kier molecular flexibility index (Phi) is 1.71. The molecule has 1 nitrogen and oxygen atoms in total. The zero-order valence-corrected chi connectivity index (χ0v) is 7.88. The molecule has 0 N–H and O–H groups in total. The van der Waals surface area contributed by atoms with Crippen LogP contribution in [0.15, 0.2) is 0 Å². The van der Waals surface area contributed by atoms with Gasteiger partial charge in [-0.25, -0.2) is 0 Å². The minimum absolute atomic E-state index is 0.778. The van der Waals surface area contributed by atoms with Crippen LogP contribution in [0.1, 0.15) is 27.2 Å². The van der Waals surface area contributed by atoms with Gasteiger partial charge in [-0.3, -0.25) is 0 Å². The minimum atomic E-state index is 0.778. The second-order valence-corrected chi connectivity index (χ2v) is 4.45. The van der Waals surface area contributed by atoms with Gasteiger partial charge in [-0.2, -0.15) is 0 Å². The van der Waals surface area contributed by atoms with E-state index in [1.54, 1.807) is 0 Å². The van der Waals surface area contributed by atoms with Crippen molar-refractivity contribution < 1.29 is 0 Å². The third-order valence-corrected chi connectivity index (χ3v) is 3.60. The van der Waals surface area contributed by atoms with Gasteiger partial charge in [0.05, 0.1) is 0 Å². The van der Waals surface area contributed by atoms with E-state index in [2.05, 4.69) is 25.7 Å². The zero-order valence-electron chi connectivity index (χ0n) is 7.88. The van der Waals surface area contributed by atoms with Crippen molar-refractivity contribution in [2.45, 2.75) is 33.2 Å². The van der Waals surface area contributed by atoms with Crippen molar-refractivity contribution in [1.29, 1.82) is 0 Å². The van der Waals surface area contributed by atoms with E-state index < -0.39 is 0 Å². The van der Waals surface area contributed by atoms with Crippen LogP contribution in [0.4, 0.5) is 0 Å². The largest absolute Gasteiger partial charge is 0.300 e. The predicted molar refractivity (Wildman–Crippen MR) is 47.5 cm³/mol. The van der Waals surface area contributed by atoms with Crippen LogP contribution in [-0.2, 0) is 0 Å². The van der Waals surface area contributed by atoms with Crippen LogP contribution in [0.5, 0.6) is 0 Å². The molecule has 0 radical (unpaired) electrons. The third-order valence-electron chi connectivity index (χ3n) is 3.60. The van der Waals surface area contributed by atoms with Gasteiger partial charge in [0.15, 0.2) is 0 Å². The van der Waals surface area contributed by atoms with E-state index >= 15 is 0 Å². The van der Waals surface area contributed by atoms with Crippen LogP contribution in [-0.4, -0.2) is 24.0 Å². The monoisotopic (exact) mass is 153 g/mol. The molecule has 1 saturated carbocycles. The first-order valence-electron chi connectivity index (χ1n) is 4.98. The number of likely N-dealkylation sites (tertiary alicyclic amines) is 1. The molecule has 0 aromatic carbocycles. The number of rotatable bonds is 2. The molecule has 2 aliphatic rings. The molecule has 1 heteroatoms. The summed E-state index contributed by atoms with van der Waals surface area (Å²) in [5, 5.41) is 0. The maximum Gasteiger partial charge on any atom is 0.00388 e. The average Bonchev–Trinajstić information content (AvgIpc) is 2.41. The topological polar surface area (TPSA) is 3.24 Å². The standard InChI is InChI=1S/C10H19N/c1-4-8-9-5-11(7(2)3)6-10(8)9/h7-10H,4-6H2,1-3H3. The maximum absolute atomic E-state index is 2.63. The van der Waals surface area contributed by atoms with Gasteiger partial charge in [0.1, 0.15) is 0 Å². The van der Waals surface area contributed by atoms with Gasteiger partial charge in [-0.05, 0) is 31.6 Å². The lowest BCUT2D eigenvalue weighted by molar-refractivity contribution is 0.232. The van der Waals surface area contributed by atoms with E-state index in [4.69, 9.17) is 0 Å². The lowest BCUT2D eigenvalue weighted by Gasteiger charge is -2.23. The fourth-order valence-corrected chi connectivity index (χ4v) is 2.71. The van der Waals surface area contributed by atoms with Gasteiger partial charge in [0.2, 0.25) is 0 Å². The summed E-state index contributed by atoms with van der Waals surface area (Å²) in [7, 11) is 0. The van der Waals surface area contributed by atoms with Crippen LogP contribution in [0.2, 0.25) is 0 Å². The highest BCUT2D eigenvalue weighted by molar-refractivity contribution is 5.04. The van der Waals surface area contributed by atoms with E-state index in [0.717, 1.165) is 23.8 Å². The summed E-state index contributed by atoms with van der Waals surface area (Å²) in [6, 6.07) is 0.778. The molecule has 2 fully saturated rings. The van der Waals surface area contributed by atoms with Crippen LogP contribution >= 0.6 is 0 Å². The first-order chi connectivity index (χ1) is 5.24. The van der Waals surface area contributed by atoms with Gasteiger partial charge in [0, 0.05) is 19.1 Å². The predicted octanol–water partition coefficient (Wildman–Crippen LogP) is 1.98. The third kappa shape index (κ3) is 1.10. The summed E-state index contributed by atoms with van der Waals surface area (Å²) in [5.74, 6) is 3.27. The SMILES string of the molecule is CCC1C2CN(C(C)C)CC12. The van der Waals surface area contributed by atoms with Crippen LogP contribution in [0.25, 0.3) is 0 Å². The molecule has 1 aliphatic heterocycles. The van der Waals surface area contributed by atoms with Crippen molar-refractivity contribution in [2.75, 3.05) is 13.1 Å². The Bertz CT molecular complexity index is 141. The number of piperidine rings is 1. The Labute approximate surface area is 69.8 Å². The van der Waals surface area contributed by atoms with E-state index in [9.17, 15) is 0 Å². The van der Waals surface area contributed by atoms with Crippen molar-refractivity contribution in [3.63, 3.8) is 0 Å². The van der Waals surface area contributed by atoms with E-state index in [1.165, 1.54) is 19.5 Å². The minimum Gasteiger partial charge on any atom is -0.300 e. The normalized spacial score (nSPS) is 43.1. The molecule has 2 atom stereocenters. The average molecular weight is 153 g/mol. The second-order valence-electron chi connectivity index (χ2n) is 4.45. The second kappa shape index (κ2) is 2.48. The first-order valence-corrected chi connectivity index (χ1v) is 4.98. The highest BCUT2D eigenvalue weighted by Crippen LogP contribution is 2.53. The fraction of sp³-hybridized carbons (Fsp3) is 1.00. The first kappa shape index (κ1) is 7.60. The Balaban J connectivity index is 1.85. The molecule has 11 heavy (non-hydrogen) atoms. The van der Waals surface area contributed by atoms with Crippen molar-refractivity contribution in [1.82, 2.24) is 4.90 Å². The van der Waals surface area contributed by atoms with Crippen molar-refractivity contribution in [2.24, 2.45) is 17.8 Å². The van der Waals surface area contributed by atoms with Gasteiger partial charge in [-0.15, -0.1) is 0 Å². The summed E-state index contributed by atoms with van der Waals surface area (Å²) in [5.41, 5.74) is 0. The van der Waals surface area contributed by atoms with Gasteiger partial charge < -0.3 is 4.90 Å². The molecule has 0 bridgehead atoms. The van der Waals surface area contributed by atoms with E-state index in [1.807, 2.05) is 0 Å². The molecular weight excluding hydrogens is 134 g/mol. The maximum atomic E-state index is 2.63. The van der Waals surface area contributed by atoms with Crippen LogP contribution in [0, 0.1) is 17.8 Å². The van der Waals surface area contributed by atoms with Crippen molar-refractivity contribution >= 4 is 0 Å². The number of hydrogen-bond donors (Lipinski definition) is 0. The van der Waals surface area contributed by atoms with Crippen molar-refractivity contribution in [3.8, 4) is 0 Å². The van der Waals surface area contributed by atoms with Gasteiger partial charge >= 0.3 is 0 Å². The highest BCUT2D eigenvalue weighted by Gasteiger charge is 2.54. The summed E-state index contributed by atoms with van der Waals surface area (Å²) < 4.78 is 0. The number of hydrogen-bond acceptors (Lipinski definition) is 1. The Morgan fingerprint density at radius 1 is 1.27 bits per heavy atom. The van der Waals surface area contributed by atoms with E-state index in [-0.39, 0.29) is 0 Å². The molecule has 0 spiro atoms. The Morgan fingerprint density at radius 3 is 2.18 bits per heavy atom. The molecular formula is C10H19N. The van der Waals surface area contributed by atoms with E-state index in [0.29, 0.717) is 0 Å². The summed E-state index contributed by atoms with van der Waals surface area (Å²) >= 11 is 0. The molecule has 0 aromatic heterocycles. The van der Waals surface area contributed by atoms with Gasteiger partial charge in [0.25, 0.3) is 0 Å². The lowest BCUT2D eigenvalue weighted by Crippen LogP contribution is -2.31. The lowest BCUT2D eigenvalue weighted by atomic mass is 10.2. The number of fused-ring (bicyclic) bond motifs is 1. The quantitative estimate of drug-likeness (QED) is 0.586. The fourth-order valence-electron chi connectivity index (χ4n) is 2.71. The molecule has 0 aromatic rings. The molecule has 1 aliphatic carbocycles. The summed E-state index contributed by atoms with van der Waals surface area (Å²) in [6.45, 7) is 9.74. The molecule has 64 valence electrons.